The Hall–Kier alpha value is -0.570. The van der Waals surface area contributed by atoms with Gasteiger partial charge in [0.15, 0.2) is 0 Å². The maximum Gasteiger partial charge on any atom is 0.307 e. The number of likely N-dealkylation sites (tertiary alicyclic amines) is 1. The van der Waals surface area contributed by atoms with Crippen LogP contribution in [-0.4, -0.2) is 35.6 Å². The van der Waals surface area contributed by atoms with Crippen molar-refractivity contribution in [2.45, 2.75) is 40.5 Å². The molecule has 0 aliphatic carbocycles. The first-order chi connectivity index (χ1) is 7.31. The minimum absolute atomic E-state index is 0.0953. The summed E-state index contributed by atoms with van der Waals surface area (Å²) in [5.74, 6) is -0.0586. The summed E-state index contributed by atoms with van der Waals surface area (Å²) in [6.07, 6.45) is 1.98. The lowest BCUT2D eigenvalue weighted by atomic mass is 9.83. The van der Waals surface area contributed by atoms with Gasteiger partial charge in [-0.2, -0.15) is 0 Å². The molecule has 3 nitrogen and oxygen atoms in total. The largest absolute Gasteiger partial charge is 0.481 e. The fraction of sp³-hybridized carbons (Fsp3) is 0.923. The molecule has 1 heterocycles. The van der Waals surface area contributed by atoms with Gasteiger partial charge in [-0.1, -0.05) is 34.1 Å². The van der Waals surface area contributed by atoms with Crippen molar-refractivity contribution >= 4 is 5.97 Å². The highest BCUT2D eigenvalue weighted by Crippen LogP contribution is 2.27. The van der Waals surface area contributed by atoms with Gasteiger partial charge in [-0.15, -0.1) is 0 Å². The molecule has 0 aromatic carbocycles. The van der Waals surface area contributed by atoms with Gasteiger partial charge < -0.3 is 10.0 Å². The van der Waals surface area contributed by atoms with Gasteiger partial charge >= 0.3 is 5.97 Å². The van der Waals surface area contributed by atoms with Crippen LogP contribution in [0.4, 0.5) is 0 Å². The highest BCUT2D eigenvalue weighted by molar-refractivity contribution is 5.70. The highest BCUT2D eigenvalue weighted by atomic mass is 16.4. The molecule has 3 heteroatoms. The number of carboxylic acids is 1. The predicted molar refractivity (Wildman–Crippen MR) is 65.4 cm³/mol. The molecule has 1 aliphatic rings. The Labute approximate surface area is 98.8 Å². The molecule has 1 aliphatic heterocycles. The van der Waals surface area contributed by atoms with Gasteiger partial charge in [0.2, 0.25) is 0 Å². The first-order valence-electron chi connectivity index (χ1n) is 6.27. The Morgan fingerprint density at radius 3 is 2.38 bits per heavy atom. The first kappa shape index (κ1) is 13.5. The van der Waals surface area contributed by atoms with Crippen LogP contribution in [0.1, 0.15) is 40.5 Å². The van der Waals surface area contributed by atoms with Crippen molar-refractivity contribution in [2.75, 3.05) is 19.6 Å². The lowest BCUT2D eigenvalue weighted by Crippen LogP contribution is -2.49. The molecule has 0 radical (unpaired) electrons. The van der Waals surface area contributed by atoms with E-state index in [0.717, 1.165) is 32.0 Å². The zero-order valence-corrected chi connectivity index (χ0v) is 11.0. The maximum absolute atomic E-state index is 11.2. The summed E-state index contributed by atoms with van der Waals surface area (Å²) in [6.45, 7) is 11.4. The van der Waals surface area contributed by atoms with Crippen LogP contribution in [0.5, 0.6) is 0 Å². The second-order valence-electron chi connectivity index (χ2n) is 6.29. The Morgan fingerprint density at radius 1 is 1.44 bits per heavy atom. The average Bonchev–Trinajstić information content (AvgIpc) is 2.05. The van der Waals surface area contributed by atoms with Crippen LogP contribution in [-0.2, 0) is 4.79 Å². The van der Waals surface area contributed by atoms with Crippen LogP contribution in [0, 0.1) is 17.3 Å². The van der Waals surface area contributed by atoms with E-state index in [9.17, 15) is 9.90 Å². The van der Waals surface area contributed by atoms with Crippen LogP contribution in [0.15, 0.2) is 0 Å². The van der Waals surface area contributed by atoms with E-state index < -0.39 is 5.97 Å². The van der Waals surface area contributed by atoms with Crippen LogP contribution >= 0.6 is 0 Å². The third kappa shape index (κ3) is 4.12. The smallest absolute Gasteiger partial charge is 0.307 e. The van der Waals surface area contributed by atoms with Crippen molar-refractivity contribution < 1.29 is 9.90 Å². The third-order valence-electron chi connectivity index (χ3n) is 3.30. The van der Waals surface area contributed by atoms with Crippen molar-refractivity contribution in [2.24, 2.45) is 17.3 Å². The lowest BCUT2D eigenvalue weighted by Gasteiger charge is -2.40. The molecule has 0 aromatic heterocycles. The Kier molecular flexibility index (Phi) is 4.36. The number of nitrogens with zero attached hydrogens (tertiary/aromatic N) is 1. The number of aliphatic carboxylic acids is 1. The normalized spacial score (nSPS) is 20.5. The number of hydrogen-bond donors (Lipinski definition) is 1. The summed E-state index contributed by atoms with van der Waals surface area (Å²) >= 11 is 0. The van der Waals surface area contributed by atoms with Crippen LogP contribution in [0.3, 0.4) is 0 Å². The van der Waals surface area contributed by atoms with Crippen molar-refractivity contribution in [3.8, 4) is 0 Å². The molecule has 0 amide bonds. The van der Waals surface area contributed by atoms with E-state index in [-0.39, 0.29) is 11.3 Å². The van der Waals surface area contributed by atoms with Gasteiger partial charge in [-0.3, -0.25) is 4.79 Å². The molecule has 16 heavy (non-hydrogen) atoms. The molecule has 0 spiro atoms. The predicted octanol–water partition coefficient (Wildman–Crippen LogP) is 2.47. The summed E-state index contributed by atoms with van der Waals surface area (Å²) in [5, 5.41) is 9.20. The molecule has 0 saturated carbocycles. The molecule has 1 rings (SSSR count). The Balaban J connectivity index is 2.38. The number of rotatable bonds is 5. The zero-order valence-electron chi connectivity index (χ0n) is 11.0. The van der Waals surface area contributed by atoms with Gasteiger partial charge in [0.25, 0.3) is 0 Å². The topological polar surface area (TPSA) is 40.5 Å². The summed E-state index contributed by atoms with van der Waals surface area (Å²) in [5.41, 5.74) is 0.0953. The Bertz CT molecular complexity index is 239. The fourth-order valence-electron chi connectivity index (χ4n) is 2.36. The third-order valence-corrected chi connectivity index (χ3v) is 3.30. The number of carboxylic acid groups (broad SMARTS) is 1. The van der Waals surface area contributed by atoms with Gasteiger partial charge in [0.1, 0.15) is 0 Å². The summed E-state index contributed by atoms with van der Waals surface area (Å²) in [4.78, 5) is 13.5. The Morgan fingerprint density at radius 2 is 2.00 bits per heavy atom. The van der Waals surface area contributed by atoms with Crippen LogP contribution < -0.4 is 0 Å². The SMILES string of the molecule is CCC1CN(CC(CC(C)(C)C)C(=O)O)C1. The lowest BCUT2D eigenvalue weighted by molar-refractivity contribution is -0.144. The number of hydrogen-bond acceptors (Lipinski definition) is 2. The standard InChI is InChI=1S/C13H25NO2/c1-5-10-7-14(8-10)9-11(12(15)16)6-13(2,3)4/h10-11H,5-9H2,1-4H3,(H,15,16). The molecule has 1 unspecified atom stereocenters. The maximum atomic E-state index is 11.2. The molecular formula is C13H25NO2. The molecule has 1 N–H and O–H groups in total. The minimum Gasteiger partial charge on any atom is -0.481 e. The van der Waals surface area contributed by atoms with Gasteiger partial charge in [-0.25, -0.2) is 0 Å². The summed E-state index contributed by atoms with van der Waals surface area (Å²) < 4.78 is 0. The average molecular weight is 227 g/mol. The molecule has 1 atom stereocenters. The summed E-state index contributed by atoms with van der Waals surface area (Å²) in [7, 11) is 0. The highest BCUT2D eigenvalue weighted by Gasteiger charge is 2.31. The van der Waals surface area contributed by atoms with E-state index in [1.54, 1.807) is 0 Å². The zero-order chi connectivity index (χ0) is 12.3. The van der Waals surface area contributed by atoms with E-state index in [1.807, 2.05) is 0 Å². The van der Waals surface area contributed by atoms with E-state index in [0.29, 0.717) is 0 Å². The molecule has 94 valence electrons. The molecule has 0 aromatic rings. The van der Waals surface area contributed by atoms with E-state index in [1.165, 1.54) is 6.42 Å². The first-order valence-corrected chi connectivity index (χ1v) is 6.27. The van der Waals surface area contributed by atoms with E-state index in [2.05, 4.69) is 32.6 Å². The van der Waals surface area contributed by atoms with E-state index >= 15 is 0 Å². The van der Waals surface area contributed by atoms with Crippen molar-refractivity contribution in [1.29, 1.82) is 0 Å². The molecule has 1 saturated heterocycles. The van der Waals surface area contributed by atoms with Gasteiger partial charge in [0.05, 0.1) is 5.92 Å². The van der Waals surface area contributed by atoms with Gasteiger partial charge in [-0.05, 0) is 17.8 Å². The quantitative estimate of drug-likeness (QED) is 0.784. The number of carbonyl (C=O) groups is 1. The fourth-order valence-corrected chi connectivity index (χ4v) is 2.36. The van der Waals surface area contributed by atoms with Crippen molar-refractivity contribution in [3.05, 3.63) is 0 Å². The second-order valence-corrected chi connectivity index (χ2v) is 6.29. The minimum atomic E-state index is -0.644. The molecule has 0 bridgehead atoms. The monoisotopic (exact) mass is 227 g/mol. The summed E-state index contributed by atoms with van der Waals surface area (Å²) in [6, 6.07) is 0. The van der Waals surface area contributed by atoms with Crippen molar-refractivity contribution in [1.82, 2.24) is 4.90 Å². The van der Waals surface area contributed by atoms with Crippen LogP contribution in [0.25, 0.3) is 0 Å². The van der Waals surface area contributed by atoms with Gasteiger partial charge in [0, 0.05) is 19.6 Å². The van der Waals surface area contributed by atoms with E-state index in [4.69, 9.17) is 0 Å². The van der Waals surface area contributed by atoms with Crippen molar-refractivity contribution in [3.63, 3.8) is 0 Å². The second kappa shape index (κ2) is 5.17. The molecular weight excluding hydrogens is 202 g/mol. The van der Waals surface area contributed by atoms with Crippen LogP contribution in [0.2, 0.25) is 0 Å². The molecule has 1 fully saturated rings.